The molecule has 0 unspecified atom stereocenters. The van der Waals surface area contributed by atoms with Crippen LogP contribution < -0.4 is 9.47 Å². The third-order valence-electron chi connectivity index (χ3n) is 7.34. The largest absolute Gasteiger partial charge is 0.494 e. The zero-order valence-corrected chi connectivity index (χ0v) is 22.9. The second-order valence-corrected chi connectivity index (χ2v) is 10.1. The van der Waals surface area contributed by atoms with E-state index in [1.807, 2.05) is 0 Å². The van der Waals surface area contributed by atoms with Crippen molar-refractivity contribution in [1.82, 2.24) is 0 Å². The minimum Gasteiger partial charge on any atom is -0.494 e. The van der Waals surface area contributed by atoms with Crippen LogP contribution in [-0.2, 0) is 11.3 Å². The summed E-state index contributed by atoms with van der Waals surface area (Å²) in [6.07, 6.45) is 6.42. The van der Waals surface area contributed by atoms with Gasteiger partial charge < -0.3 is 14.2 Å². The SMILES string of the molecule is C=CCCOc1ccc(C2CCC(OCc3ccc(-c4ccc(OCCCC)cc4)c(F)c3F)CC2)c(F)c1F. The van der Waals surface area contributed by atoms with Gasteiger partial charge in [0.1, 0.15) is 5.75 Å². The number of halogens is 4. The zero-order valence-electron chi connectivity index (χ0n) is 22.9. The Bertz CT molecular complexity index is 1270. The lowest BCUT2D eigenvalue weighted by atomic mass is 9.82. The molecule has 0 bridgehead atoms. The first-order valence-electron chi connectivity index (χ1n) is 14.0. The Kier molecular flexibility index (Phi) is 10.6. The predicted molar refractivity (Wildman–Crippen MR) is 149 cm³/mol. The Labute approximate surface area is 233 Å². The molecule has 4 rings (SSSR count). The smallest absolute Gasteiger partial charge is 0.200 e. The highest BCUT2D eigenvalue weighted by atomic mass is 19.2. The molecule has 1 fully saturated rings. The van der Waals surface area contributed by atoms with Crippen LogP contribution in [0.3, 0.4) is 0 Å². The summed E-state index contributed by atoms with van der Waals surface area (Å²) in [4.78, 5) is 0. The van der Waals surface area contributed by atoms with Crippen molar-refractivity contribution in [2.75, 3.05) is 13.2 Å². The molecule has 0 saturated heterocycles. The molecule has 0 spiro atoms. The Balaban J connectivity index is 1.31. The average molecular weight is 557 g/mol. The molecule has 214 valence electrons. The van der Waals surface area contributed by atoms with Crippen LogP contribution in [0.5, 0.6) is 11.5 Å². The maximum absolute atomic E-state index is 14.9. The molecule has 7 heteroatoms. The minimum absolute atomic E-state index is 0.0672. The molecule has 0 heterocycles. The van der Waals surface area contributed by atoms with Crippen molar-refractivity contribution >= 4 is 0 Å². The quantitative estimate of drug-likeness (QED) is 0.119. The van der Waals surface area contributed by atoms with E-state index >= 15 is 0 Å². The Morgan fingerprint density at radius 2 is 1.55 bits per heavy atom. The number of hydrogen-bond donors (Lipinski definition) is 0. The van der Waals surface area contributed by atoms with E-state index in [1.54, 1.807) is 48.5 Å². The summed E-state index contributed by atoms with van der Waals surface area (Å²) in [7, 11) is 0. The summed E-state index contributed by atoms with van der Waals surface area (Å²) in [5.74, 6) is -3.26. The molecule has 0 aromatic heterocycles. The summed E-state index contributed by atoms with van der Waals surface area (Å²) in [6, 6.07) is 13.1. The molecule has 1 aliphatic carbocycles. The van der Waals surface area contributed by atoms with Gasteiger partial charge in [0.05, 0.1) is 25.9 Å². The fourth-order valence-corrected chi connectivity index (χ4v) is 4.96. The second-order valence-electron chi connectivity index (χ2n) is 10.1. The number of rotatable bonds is 13. The molecule has 1 saturated carbocycles. The highest BCUT2D eigenvalue weighted by Gasteiger charge is 2.27. The lowest BCUT2D eigenvalue weighted by Gasteiger charge is -2.29. The van der Waals surface area contributed by atoms with Gasteiger partial charge in [0.2, 0.25) is 5.82 Å². The van der Waals surface area contributed by atoms with Crippen molar-refractivity contribution in [3.05, 3.63) is 95.6 Å². The summed E-state index contributed by atoms with van der Waals surface area (Å²) < 4.78 is 75.9. The van der Waals surface area contributed by atoms with E-state index in [9.17, 15) is 17.6 Å². The molecule has 40 heavy (non-hydrogen) atoms. The summed E-state index contributed by atoms with van der Waals surface area (Å²) in [6.45, 7) is 6.44. The number of ether oxygens (including phenoxy) is 3. The van der Waals surface area contributed by atoms with Crippen LogP contribution in [-0.4, -0.2) is 19.3 Å². The maximum Gasteiger partial charge on any atom is 0.200 e. The summed E-state index contributed by atoms with van der Waals surface area (Å²) >= 11 is 0. The second kappa shape index (κ2) is 14.4. The third-order valence-corrected chi connectivity index (χ3v) is 7.34. The van der Waals surface area contributed by atoms with E-state index < -0.39 is 23.3 Å². The van der Waals surface area contributed by atoms with Gasteiger partial charge in [-0.3, -0.25) is 0 Å². The van der Waals surface area contributed by atoms with Gasteiger partial charge in [-0.1, -0.05) is 49.8 Å². The molecule has 0 radical (unpaired) electrons. The van der Waals surface area contributed by atoms with Gasteiger partial charge in [-0.05, 0) is 73.8 Å². The maximum atomic E-state index is 14.9. The highest BCUT2D eigenvalue weighted by Crippen LogP contribution is 2.38. The van der Waals surface area contributed by atoms with Crippen molar-refractivity contribution < 1.29 is 31.8 Å². The molecule has 1 aliphatic rings. The fourth-order valence-electron chi connectivity index (χ4n) is 4.96. The van der Waals surface area contributed by atoms with Crippen molar-refractivity contribution in [3.8, 4) is 22.6 Å². The zero-order chi connectivity index (χ0) is 28.5. The van der Waals surface area contributed by atoms with E-state index in [0.717, 1.165) is 12.8 Å². The fraction of sp³-hybridized carbons (Fsp3) is 0.394. The van der Waals surface area contributed by atoms with Crippen LogP contribution in [0.4, 0.5) is 17.6 Å². The number of benzene rings is 3. The van der Waals surface area contributed by atoms with E-state index in [2.05, 4.69) is 13.5 Å². The Morgan fingerprint density at radius 3 is 2.25 bits per heavy atom. The van der Waals surface area contributed by atoms with E-state index in [4.69, 9.17) is 14.2 Å². The highest BCUT2D eigenvalue weighted by molar-refractivity contribution is 5.65. The predicted octanol–water partition coefficient (Wildman–Crippen LogP) is 9.29. The van der Waals surface area contributed by atoms with Crippen molar-refractivity contribution in [2.24, 2.45) is 0 Å². The van der Waals surface area contributed by atoms with Gasteiger partial charge >= 0.3 is 0 Å². The van der Waals surface area contributed by atoms with E-state index in [0.29, 0.717) is 55.6 Å². The minimum atomic E-state index is -0.975. The molecular formula is C33H36F4O3. The van der Waals surface area contributed by atoms with E-state index in [1.165, 1.54) is 6.07 Å². The van der Waals surface area contributed by atoms with Gasteiger partial charge in [0.25, 0.3) is 0 Å². The van der Waals surface area contributed by atoms with Crippen LogP contribution in [0.1, 0.15) is 68.9 Å². The third kappa shape index (κ3) is 7.25. The Hall–Kier alpha value is -3.32. The number of hydrogen-bond acceptors (Lipinski definition) is 3. The number of unbranched alkanes of at least 4 members (excludes halogenated alkanes) is 1. The standard InChI is InChI=1S/C33H36F4O3/c1-3-5-19-38-25-12-7-22(8-13-25)27-16-11-24(30(34)31(27)35)21-40-26-14-9-23(10-15-26)28-17-18-29(33(37)32(28)36)39-20-6-4-2/h4,7-8,11-13,16-18,23,26H,2-3,5-6,9-10,14-15,19-21H2,1H3. The van der Waals surface area contributed by atoms with Gasteiger partial charge in [0.15, 0.2) is 23.2 Å². The molecule has 3 nitrogen and oxygen atoms in total. The first kappa shape index (κ1) is 29.7. The molecule has 0 atom stereocenters. The normalized spacial score (nSPS) is 17.0. The lowest BCUT2D eigenvalue weighted by Crippen LogP contribution is -2.21. The lowest BCUT2D eigenvalue weighted by molar-refractivity contribution is 0.0116. The summed E-state index contributed by atoms with van der Waals surface area (Å²) in [5.41, 5.74) is 1.21. The van der Waals surface area contributed by atoms with Crippen molar-refractivity contribution in [2.45, 2.75) is 70.5 Å². The van der Waals surface area contributed by atoms with Gasteiger partial charge in [-0.2, -0.15) is 4.39 Å². The average Bonchev–Trinajstić information content (AvgIpc) is 2.97. The molecule has 0 aliphatic heterocycles. The first-order chi connectivity index (χ1) is 19.4. The van der Waals surface area contributed by atoms with Crippen molar-refractivity contribution in [3.63, 3.8) is 0 Å². The Morgan fingerprint density at radius 1 is 0.800 bits per heavy atom. The van der Waals surface area contributed by atoms with Crippen LogP contribution in [0.25, 0.3) is 11.1 Å². The van der Waals surface area contributed by atoms with Gasteiger partial charge in [-0.25, -0.2) is 13.2 Å². The first-order valence-corrected chi connectivity index (χ1v) is 14.0. The topological polar surface area (TPSA) is 27.7 Å². The van der Waals surface area contributed by atoms with Crippen LogP contribution in [0.15, 0.2) is 61.2 Å². The van der Waals surface area contributed by atoms with Gasteiger partial charge in [0, 0.05) is 11.1 Å². The van der Waals surface area contributed by atoms with Crippen molar-refractivity contribution in [1.29, 1.82) is 0 Å². The van der Waals surface area contributed by atoms with Crippen LogP contribution in [0.2, 0.25) is 0 Å². The molecule has 3 aromatic carbocycles. The van der Waals surface area contributed by atoms with Crippen LogP contribution >= 0.6 is 0 Å². The molecular weight excluding hydrogens is 520 g/mol. The monoisotopic (exact) mass is 556 g/mol. The van der Waals surface area contributed by atoms with E-state index in [-0.39, 0.29) is 42.1 Å². The molecule has 0 N–H and O–H groups in total. The molecule has 3 aromatic rings. The van der Waals surface area contributed by atoms with Gasteiger partial charge in [-0.15, -0.1) is 6.58 Å². The van der Waals surface area contributed by atoms with Crippen LogP contribution in [0, 0.1) is 23.3 Å². The molecule has 0 amide bonds. The summed E-state index contributed by atoms with van der Waals surface area (Å²) in [5, 5.41) is 0.